The Labute approximate surface area is 133 Å². The summed E-state index contributed by atoms with van der Waals surface area (Å²) >= 11 is 0. The van der Waals surface area contributed by atoms with E-state index in [4.69, 9.17) is 4.74 Å². The summed E-state index contributed by atoms with van der Waals surface area (Å²) in [5.41, 5.74) is 1.16. The highest BCUT2D eigenvalue weighted by Crippen LogP contribution is 2.12. The highest BCUT2D eigenvalue weighted by molar-refractivity contribution is 5.85. The van der Waals surface area contributed by atoms with Crippen LogP contribution in [0.15, 0.2) is 30.3 Å². The first-order valence-electron chi connectivity index (χ1n) is 7.33. The van der Waals surface area contributed by atoms with Crippen LogP contribution in [0.25, 0.3) is 0 Å². The summed E-state index contributed by atoms with van der Waals surface area (Å²) in [7, 11) is 1.67. The van der Waals surface area contributed by atoms with Crippen molar-refractivity contribution in [2.45, 2.75) is 31.8 Å². The van der Waals surface area contributed by atoms with Gasteiger partial charge in [-0.25, -0.2) is 0 Å². The van der Waals surface area contributed by atoms with Gasteiger partial charge in [0.1, 0.15) is 0 Å². The number of hydrogen-bond acceptors (Lipinski definition) is 3. The molecule has 1 saturated heterocycles. The van der Waals surface area contributed by atoms with E-state index >= 15 is 0 Å². The fourth-order valence-electron chi connectivity index (χ4n) is 2.57. The number of amides is 1. The van der Waals surface area contributed by atoms with Crippen LogP contribution in [-0.2, 0) is 16.1 Å². The van der Waals surface area contributed by atoms with E-state index in [1.165, 1.54) is 6.42 Å². The fourth-order valence-corrected chi connectivity index (χ4v) is 2.57. The fraction of sp³-hybridized carbons (Fsp3) is 0.562. The molecule has 0 spiro atoms. The van der Waals surface area contributed by atoms with Crippen molar-refractivity contribution in [3.63, 3.8) is 0 Å². The molecule has 0 aliphatic carbocycles. The van der Waals surface area contributed by atoms with Gasteiger partial charge in [-0.3, -0.25) is 4.79 Å². The van der Waals surface area contributed by atoms with Gasteiger partial charge in [-0.2, -0.15) is 0 Å². The number of carbonyl (C=O) groups is 1. The Hall–Kier alpha value is -1.10. The molecule has 2 rings (SSSR count). The molecule has 0 radical (unpaired) electrons. The maximum Gasteiger partial charge on any atom is 0.224 e. The predicted molar refractivity (Wildman–Crippen MR) is 86.6 cm³/mol. The van der Waals surface area contributed by atoms with Crippen LogP contribution in [-0.4, -0.2) is 43.7 Å². The Balaban J connectivity index is 0.00000220. The number of carbonyl (C=O) groups excluding carboxylic acids is 1. The summed E-state index contributed by atoms with van der Waals surface area (Å²) in [4.78, 5) is 14.3. The van der Waals surface area contributed by atoms with Gasteiger partial charge in [0.15, 0.2) is 0 Å². The minimum Gasteiger partial charge on any atom is -0.383 e. The highest BCUT2D eigenvalue weighted by atomic mass is 35.5. The van der Waals surface area contributed by atoms with Gasteiger partial charge in [0.2, 0.25) is 5.91 Å². The van der Waals surface area contributed by atoms with E-state index < -0.39 is 0 Å². The average molecular weight is 313 g/mol. The number of halogens is 1. The van der Waals surface area contributed by atoms with Gasteiger partial charge in [0.05, 0.1) is 6.61 Å². The van der Waals surface area contributed by atoms with Gasteiger partial charge < -0.3 is 15.0 Å². The molecule has 21 heavy (non-hydrogen) atoms. The lowest BCUT2D eigenvalue weighted by atomic mass is 10.1. The number of ether oxygens (including phenoxy) is 1. The zero-order valence-electron chi connectivity index (χ0n) is 12.6. The maximum absolute atomic E-state index is 12.4. The Morgan fingerprint density at radius 3 is 2.76 bits per heavy atom. The lowest BCUT2D eigenvalue weighted by Gasteiger charge is -2.24. The molecule has 1 heterocycles. The van der Waals surface area contributed by atoms with Crippen molar-refractivity contribution in [2.24, 2.45) is 0 Å². The van der Waals surface area contributed by atoms with Crippen LogP contribution in [0.1, 0.15) is 24.8 Å². The summed E-state index contributed by atoms with van der Waals surface area (Å²) in [6.07, 6.45) is 2.88. The van der Waals surface area contributed by atoms with Gasteiger partial charge in [0, 0.05) is 32.7 Å². The molecule has 1 atom stereocenters. The van der Waals surface area contributed by atoms with Crippen LogP contribution < -0.4 is 5.32 Å². The number of rotatable bonds is 7. The molecule has 1 N–H and O–H groups in total. The third kappa shape index (κ3) is 6.04. The second kappa shape index (κ2) is 9.77. The molecule has 5 heteroatoms. The Bertz CT molecular complexity index is 408. The molecule has 118 valence electrons. The van der Waals surface area contributed by atoms with E-state index in [1.54, 1.807) is 7.11 Å². The van der Waals surface area contributed by atoms with Crippen LogP contribution in [0.4, 0.5) is 0 Å². The highest BCUT2D eigenvalue weighted by Gasteiger charge is 2.21. The molecule has 1 fully saturated rings. The van der Waals surface area contributed by atoms with E-state index in [2.05, 4.69) is 17.4 Å². The quantitative estimate of drug-likeness (QED) is 0.839. The van der Waals surface area contributed by atoms with E-state index in [0.29, 0.717) is 32.2 Å². The summed E-state index contributed by atoms with van der Waals surface area (Å²) in [6, 6.07) is 10.5. The average Bonchev–Trinajstić information content (AvgIpc) is 2.97. The van der Waals surface area contributed by atoms with Gasteiger partial charge in [-0.05, 0) is 24.9 Å². The topological polar surface area (TPSA) is 41.6 Å². The number of benzene rings is 1. The Kier molecular flexibility index (Phi) is 8.35. The molecule has 0 saturated carbocycles. The molecular formula is C16H25ClN2O2. The molecule has 1 aromatic rings. The summed E-state index contributed by atoms with van der Waals surface area (Å²) < 4.78 is 5.12. The van der Waals surface area contributed by atoms with Crippen LogP contribution in [0.5, 0.6) is 0 Å². The van der Waals surface area contributed by atoms with Crippen LogP contribution >= 0.6 is 12.4 Å². The molecular weight excluding hydrogens is 288 g/mol. The third-order valence-electron chi connectivity index (χ3n) is 3.72. The van der Waals surface area contributed by atoms with Crippen LogP contribution in [0.3, 0.4) is 0 Å². The maximum atomic E-state index is 12.4. The predicted octanol–water partition coefficient (Wildman–Crippen LogP) is 2.23. The third-order valence-corrected chi connectivity index (χ3v) is 3.72. The van der Waals surface area contributed by atoms with E-state index in [-0.39, 0.29) is 18.3 Å². The molecule has 0 aromatic heterocycles. The Morgan fingerprint density at radius 2 is 2.14 bits per heavy atom. The minimum atomic E-state index is 0. The Morgan fingerprint density at radius 1 is 1.38 bits per heavy atom. The number of nitrogens with zero attached hydrogens (tertiary/aromatic N) is 1. The molecule has 1 amide bonds. The molecule has 1 aliphatic heterocycles. The SMILES string of the molecule is COCCN(Cc1ccccc1)C(=O)CC1CCCN1.Cl. The first kappa shape index (κ1) is 18.0. The van der Waals surface area contributed by atoms with E-state index in [9.17, 15) is 4.79 Å². The zero-order valence-corrected chi connectivity index (χ0v) is 13.4. The van der Waals surface area contributed by atoms with Crippen LogP contribution in [0.2, 0.25) is 0 Å². The van der Waals surface area contributed by atoms with Crippen molar-refractivity contribution in [1.29, 1.82) is 0 Å². The molecule has 1 aliphatic rings. The van der Waals surface area contributed by atoms with E-state index in [1.807, 2.05) is 23.1 Å². The van der Waals surface area contributed by atoms with Crippen LogP contribution in [0, 0.1) is 0 Å². The van der Waals surface area contributed by atoms with Crippen molar-refractivity contribution in [3.05, 3.63) is 35.9 Å². The molecule has 1 aromatic carbocycles. The number of methoxy groups -OCH3 is 1. The van der Waals surface area contributed by atoms with Crippen molar-refractivity contribution < 1.29 is 9.53 Å². The monoisotopic (exact) mass is 312 g/mol. The normalized spacial score (nSPS) is 17.3. The second-order valence-electron chi connectivity index (χ2n) is 5.29. The van der Waals surface area contributed by atoms with Crippen molar-refractivity contribution in [2.75, 3.05) is 26.8 Å². The van der Waals surface area contributed by atoms with E-state index in [0.717, 1.165) is 18.5 Å². The number of hydrogen-bond donors (Lipinski definition) is 1. The second-order valence-corrected chi connectivity index (χ2v) is 5.29. The first-order valence-corrected chi connectivity index (χ1v) is 7.33. The standard InChI is InChI=1S/C16H24N2O2.ClH/c1-20-11-10-18(13-14-6-3-2-4-7-14)16(19)12-15-8-5-9-17-15;/h2-4,6-7,15,17H,5,8-13H2,1H3;1H. The molecule has 0 bridgehead atoms. The lowest BCUT2D eigenvalue weighted by molar-refractivity contribution is -0.133. The summed E-state index contributed by atoms with van der Waals surface area (Å²) in [6.45, 7) is 2.93. The first-order chi connectivity index (χ1) is 9.79. The van der Waals surface area contributed by atoms with Gasteiger partial charge >= 0.3 is 0 Å². The van der Waals surface area contributed by atoms with Crippen molar-refractivity contribution in [3.8, 4) is 0 Å². The van der Waals surface area contributed by atoms with Crippen molar-refractivity contribution in [1.82, 2.24) is 10.2 Å². The lowest BCUT2D eigenvalue weighted by Crippen LogP contribution is -2.37. The van der Waals surface area contributed by atoms with Gasteiger partial charge in [-0.15, -0.1) is 12.4 Å². The molecule has 1 unspecified atom stereocenters. The zero-order chi connectivity index (χ0) is 14.2. The number of nitrogens with one attached hydrogen (secondary N) is 1. The molecule has 4 nitrogen and oxygen atoms in total. The van der Waals surface area contributed by atoms with Crippen molar-refractivity contribution >= 4 is 18.3 Å². The largest absolute Gasteiger partial charge is 0.383 e. The minimum absolute atomic E-state index is 0. The van der Waals surface area contributed by atoms with Gasteiger partial charge in [0.25, 0.3) is 0 Å². The smallest absolute Gasteiger partial charge is 0.224 e. The van der Waals surface area contributed by atoms with Gasteiger partial charge in [-0.1, -0.05) is 30.3 Å². The summed E-state index contributed by atoms with van der Waals surface area (Å²) in [5.74, 6) is 0.213. The summed E-state index contributed by atoms with van der Waals surface area (Å²) in [5, 5.41) is 3.38.